The van der Waals surface area contributed by atoms with Gasteiger partial charge in [0, 0.05) is 76.3 Å². The number of likely N-dealkylation sites (tertiary alicyclic amines) is 1. The number of hydroxylamine groups is 4. The first-order valence-electron chi connectivity index (χ1n) is 27.3. The zero-order valence-corrected chi connectivity index (χ0v) is 46.9. The van der Waals surface area contributed by atoms with Crippen LogP contribution in [0.15, 0.2) is 54.7 Å². The summed E-state index contributed by atoms with van der Waals surface area (Å²) < 4.78 is 12.3. The van der Waals surface area contributed by atoms with E-state index in [2.05, 4.69) is 22.5 Å². The highest BCUT2D eigenvalue weighted by Crippen LogP contribution is 2.31. The van der Waals surface area contributed by atoms with E-state index in [-0.39, 0.29) is 73.3 Å². The van der Waals surface area contributed by atoms with Crippen LogP contribution >= 0.6 is 0 Å². The highest BCUT2D eigenvalue weighted by atomic mass is 16.7. The molecule has 3 N–H and O–H groups in total. The number of likely N-dealkylation sites (N-methyl/N-ethyl adjacent to an activating group) is 2. The molecule has 0 saturated carbocycles. The van der Waals surface area contributed by atoms with Gasteiger partial charge in [-0.2, -0.15) is 0 Å². The number of carbonyl (C=O) groups is 8. The third kappa shape index (κ3) is 14.6. The average molecular weight is 1070 g/mol. The van der Waals surface area contributed by atoms with Crippen molar-refractivity contribution >= 4 is 58.2 Å². The number of hydrogen-bond acceptors (Lipinski definition) is 14. The Morgan fingerprint density at radius 2 is 1.48 bits per heavy atom. The molecular weight excluding hydrogens is 989 g/mol. The largest absolute Gasteiger partial charge is 0.379 e. The molecule has 0 aliphatic carbocycles. The second-order valence-corrected chi connectivity index (χ2v) is 21.7. The Balaban J connectivity index is 1.11. The monoisotopic (exact) mass is 1070 g/mol. The van der Waals surface area contributed by atoms with E-state index in [1.807, 2.05) is 81.9 Å². The standard InChI is InChI=1S/C57H82N8O12/c1-12-36(6)51(62(9)50(35(4)5)55(71)60-54(70)49(34(2)3)61(8)33-38-21-23-39(24-22-38)57(73)77-65-46(66)25-26-47(65)67)45(74-10)31-48(68)63-27-17-20-44(63)52(75-11)37(7)53(69)59-43(56(72)64-28-15-16-29-76-64)30-40-32-58-42-19-14-13-18-41(40)42/h13-14,18-19,21-24,32,34-37,43-45,49-52,58H,12,15-17,20,25-31,33H2,1-11H3,(H,59,69)(H,60,70,71)/t36-,37+,43-,44-,45+,49-,50-,51-,52+/m0/s1. The first-order valence-corrected chi connectivity index (χ1v) is 27.3. The molecule has 4 heterocycles. The van der Waals surface area contributed by atoms with Gasteiger partial charge in [-0.05, 0) is 86.9 Å². The van der Waals surface area contributed by atoms with Crippen LogP contribution in [0.5, 0.6) is 0 Å². The van der Waals surface area contributed by atoms with Gasteiger partial charge in [0.05, 0.1) is 54.8 Å². The minimum atomic E-state index is -0.922. The van der Waals surface area contributed by atoms with Crippen LogP contribution in [0, 0.1) is 23.7 Å². The second kappa shape index (κ2) is 27.5. The third-order valence-corrected chi connectivity index (χ3v) is 15.7. The summed E-state index contributed by atoms with van der Waals surface area (Å²) in [7, 11) is 6.71. The molecule has 1 aromatic heterocycles. The number of rotatable bonds is 25. The molecule has 20 heteroatoms. The maximum Gasteiger partial charge on any atom is 0.363 e. The van der Waals surface area contributed by atoms with E-state index >= 15 is 0 Å². The summed E-state index contributed by atoms with van der Waals surface area (Å²) in [5.74, 6) is -5.15. The molecule has 3 aromatic rings. The quantitative estimate of drug-likeness (QED) is 0.0929. The van der Waals surface area contributed by atoms with Gasteiger partial charge >= 0.3 is 5.97 Å². The van der Waals surface area contributed by atoms with Crippen LogP contribution in [-0.2, 0) is 65.7 Å². The normalized spacial score (nSPS) is 19.4. The summed E-state index contributed by atoms with van der Waals surface area (Å²) in [6.45, 7) is 15.0. The van der Waals surface area contributed by atoms with E-state index in [1.54, 1.807) is 38.1 Å². The number of H-pyrrole nitrogens is 1. The molecule has 0 radical (unpaired) electrons. The van der Waals surface area contributed by atoms with Crippen LogP contribution in [0.25, 0.3) is 10.9 Å². The molecule has 422 valence electrons. The molecule has 7 amide bonds. The van der Waals surface area contributed by atoms with E-state index in [1.165, 1.54) is 24.3 Å². The van der Waals surface area contributed by atoms with E-state index in [0.717, 1.165) is 34.9 Å². The minimum absolute atomic E-state index is 0.0153. The lowest BCUT2D eigenvalue weighted by atomic mass is 9.87. The van der Waals surface area contributed by atoms with Crippen molar-refractivity contribution in [3.05, 3.63) is 71.4 Å². The number of methoxy groups -OCH3 is 2. The molecule has 0 bridgehead atoms. The number of benzene rings is 2. The van der Waals surface area contributed by atoms with E-state index in [0.29, 0.717) is 44.0 Å². The number of ether oxygens (including phenoxy) is 2. The molecule has 20 nitrogen and oxygen atoms in total. The first kappa shape index (κ1) is 60.2. The number of hydrogen-bond donors (Lipinski definition) is 3. The number of aromatic nitrogens is 1. The van der Waals surface area contributed by atoms with Crippen LogP contribution in [0.3, 0.4) is 0 Å². The fraction of sp³-hybridized carbons (Fsp3) is 0.614. The van der Waals surface area contributed by atoms with Gasteiger partial charge in [-0.3, -0.25) is 53.5 Å². The molecule has 3 aliphatic rings. The van der Waals surface area contributed by atoms with Gasteiger partial charge in [0.1, 0.15) is 6.04 Å². The van der Waals surface area contributed by atoms with Crippen molar-refractivity contribution in [2.45, 2.75) is 155 Å². The van der Waals surface area contributed by atoms with Crippen LogP contribution < -0.4 is 10.6 Å². The maximum atomic E-state index is 14.7. The zero-order valence-electron chi connectivity index (χ0n) is 46.9. The van der Waals surface area contributed by atoms with Crippen molar-refractivity contribution in [1.29, 1.82) is 0 Å². The Labute approximate surface area is 453 Å². The molecule has 3 saturated heterocycles. The van der Waals surface area contributed by atoms with Crippen molar-refractivity contribution in [1.82, 2.24) is 40.4 Å². The summed E-state index contributed by atoms with van der Waals surface area (Å²) in [5.41, 5.74) is 2.70. The minimum Gasteiger partial charge on any atom is -0.379 e. The van der Waals surface area contributed by atoms with Gasteiger partial charge < -0.3 is 29.5 Å². The highest BCUT2D eigenvalue weighted by Gasteiger charge is 2.44. The number of fused-ring (bicyclic) bond motifs is 1. The van der Waals surface area contributed by atoms with Crippen molar-refractivity contribution in [2.75, 3.05) is 48.0 Å². The lowest BCUT2D eigenvalue weighted by Crippen LogP contribution is -2.60. The zero-order chi connectivity index (χ0) is 56.2. The SMILES string of the molecule is CC[C@H](C)[C@@H]([C@@H](CC(=O)N1CCC[C@H]1[C@H](OC)[C@@H](C)C(=O)N[C@@H](Cc1c[nH]c2ccccc12)C(=O)N1CCCCO1)OC)N(C)[C@H](C(=O)NC(=O)[C@H](C(C)C)N(C)Cc1ccc(C(=O)ON2C(=O)CCC2=O)cc1)C(C)C. The molecule has 3 fully saturated rings. The Kier molecular flexibility index (Phi) is 21.5. The summed E-state index contributed by atoms with van der Waals surface area (Å²) >= 11 is 0. The smallest absolute Gasteiger partial charge is 0.363 e. The predicted octanol–water partition coefficient (Wildman–Crippen LogP) is 5.19. The summed E-state index contributed by atoms with van der Waals surface area (Å²) in [4.78, 5) is 128. The van der Waals surface area contributed by atoms with Crippen molar-refractivity contribution in [3.63, 3.8) is 0 Å². The van der Waals surface area contributed by atoms with Crippen molar-refractivity contribution in [3.8, 4) is 0 Å². The lowest BCUT2D eigenvalue weighted by molar-refractivity contribution is -0.199. The molecule has 3 aliphatic heterocycles. The number of amides is 7. The number of carbonyl (C=O) groups excluding carboxylic acids is 8. The van der Waals surface area contributed by atoms with Gasteiger partial charge in [0.25, 0.3) is 17.7 Å². The Hall–Kier alpha value is -6.06. The number of nitrogens with zero attached hydrogens (tertiary/aromatic N) is 5. The van der Waals surface area contributed by atoms with E-state index in [9.17, 15) is 38.4 Å². The number of aromatic amines is 1. The molecule has 0 spiro atoms. The van der Waals surface area contributed by atoms with E-state index < -0.39 is 77.9 Å². The molecule has 0 unspecified atom stereocenters. The molecule has 2 aromatic carbocycles. The Morgan fingerprint density at radius 3 is 2.09 bits per heavy atom. The lowest BCUT2D eigenvalue weighted by Gasteiger charge is -2.43. The second-order valence-electron chi connectivity index (χ2n) is 21.7. The summed E-state index contributed by atoms with van der Waals surface area (Å²) in [6.07, 6.45) is 4.29. The van der Waals surface area contributed by atoms with Crippen molar-refractivity contribution in [2.24, 2.45) is 23.7 Å². The van der Waals surface area contributed by atoms with Gasteiger partial charge in [0.15, 0.2) is 0 Å². The fourth-order valence-electron chi connectivity index (χ4n) is 11.5. The number of nitrogens with one attached hydrogen (secondary N) is 3. The predicted molar refractivity (Wildman–Crippen MR) is 287 cm³/mol. The van der Waals surface area contributed by atoms with Gasteiger partial charge in [-0.25, -0.2) is 9.86 Å². The van der Waals surface area contributed by atoms with Crippen LogP contribution in [0.4, 0.5) is 0 Å². The van der Waals surface area contributed by atoms with Crippen LogP contribution in [0.1, 0.15) is 121 Å². The summed E-state index contributed by atoms with van der Waals surface area (Å²) in [6, 6.07) is 10.9. The Bertz CT molecular complexity index is 2530. The van der Waals surface area contributed by atoms with Gasteiger partial charge in [0.2, 0.25) is 23.6 Å². The summed E-state index contributed by atoms with van der Waals surface area (Å²) in [5, 5.41) is 8.60. The maximum absolute atomic E-state index is 14.7. The molecule has 9 atom stereocenters. The molecular formula is C57H82N8O12. The highest BCUT2D eigenvalue weighted by molar-refractivity contribution is 6.03. The average Bonchev–Trinajstić information content (AvgIpc) is 4.15. The van der Waals surface area contributed by atoms with Crippen molar-refractivity contribution < 1.29 is 57.5 Å². The fourth-order valence-corrected chi connectivity index (χ4v) is 11.5. The first-order chi connectivity index (χ1) is 36.7. The van der Waals surface area contributed by atoms with Gasteiger partial charge in [-0.1, -0.05) is 85.2 Å². The van der Waals surface area contributed by atoms with Crippen LogP contribution in [0.2, 0.25) is 0 Å². The van der Waals surface area contributed by atoms with Gasteiger partial charge in [-0.15, -0.1) is 5.06 Å². The Morgan fingerprint density at radius 1 is 0.818 bits per heavy atom. The number of imide groups is 2. The van der Waals surface area contributed by atoms with E-state index in [4.69, 9.17) is 19.1 Å². The van der Waals surface area contributed by atoms with Crippen LogP contribution in [-0.4, -0.2) is 168 Å². The third-order valence-electron chi connectivity index (χ3n) is 15.7. The molecule has 6 rings (SSSR count). The number of para-hydroxylation sites is 1. The topological polar surface area (TPSA) is 230 Å². The molecule has 77 heavy (non-hydrogen) atoms.